The van der Waals surface area contributed by atoms with E-state index >= 15 is 0 Å². The first-order chi connectivity index (χ1) is 8.57. The highest BCUT2D eigenvalue weighted by Crippen LogP contribution is 2.59. The second-order valence-corrected chi connectivity index (χ2v) is 4.75. The van der Waals surface area contributed by atoms with Crippen LogP contribution in [0, 0.1) is 22.7 Å². The minimum atomic E-state index is -0.719. The fourth-order valence-electron chi connectivity index (χ4n) is 2.54. The van der Waals surface area contributed by atoms with Crippen molar-refractivity contribution in [3.63, 3.8) is 0 Å². The molecule has 5 nitrogen and oxygen atoms in total. The maximum absolute atomic E-state index is 10.9. The third-order valence-electron chi connectivity index (χ3n) is 3.62. The van der Waals surface area contributed by atoms with E-state index in [1.165, 1.54) is 6.08 Å². The molecular weight excluding hydrogens is 230 g/mol. The van der Waals surface area contributed by atoms with Crippen LogP contribution in [0.4, 0.5) is 0 Å². The van der Waals surface area contributed by atoms with Crippen LogP contribution in [-0.4, -0.2) is 35.3 Å². The van der Waals surface area contributed by atoms with Gasteiger partial charge in [-0.2, -0.15) is 5.26 Å². The molecule has 0 radical (unpaired) electrons. The van der Waals surface area contributed by atoms with E-state index < -0.39 is 5.97 Å². The van der Waals surface area contributed by atoms with Gasteiger partial charge in [0.05, 0.1) is 11.5 Å². The van der Waals surface area contributed by atoms with Gasteiger partial charge in [-0.15, -0.1) is 0 Å². The van der Waals surface area contributed by atoms with Crippen LogP contribution < -0.4 is 0 Å². The van der Waals surface area contributed by atoms with Gasteiger partial charge in [0.2, 0.25) is 0 Å². The van der Waals surface area contributed by atoms with Crippen molar-refractivity contribution in [2.45, 2.75) is 13.3 Å². The summed E-state index contributed by atoms with van der Waals surface area (Å²) in [6.45, 7) is 6.70. The van der Waals surface area contributed by atoms with Crippen LogP contribution in [0.3, 0.4) is 0 Å². The van der Waals surface area contributed by atoms with Crippen molar-refractivity contribution in [2.75, 3.05) is 13.1 Å². The molecule has 1 saturated heterocycles. The molecule has 1 N–H and O–H groups in total. The Balaban J connectivity index is 2.11. The predicted octanol–water partition coefficient (Wildman–Crippen LogP) is 1.40. The number of hydrogen-bond acceptors (Lipinski definition) is 4. The lowest BCUT2D eigenvalue weighted by Gasteiger charge is -2.42. The highest BCUT2D eigenvalue weighted by atomic mass is 16.4. The van der Waals surface area contributed by atoms with Gasteiger partial charge in [-0.25, -0.2) is 4.99 Å². The summed E-state index contributed by atoms with van der Waals surface area (Å²) in [5.74, 6) is -0.352. The Morgan fingerprint density at radius 1 is 1.67 bits per heavy atom. The summed E-state index contributed by atoms with van der Waals surface area (Å²) in [7, 11) is 0. The zero-order chi connectivity index (χ0) is 13.3. The standard InChI is InChI=1S/C13H15N3O2/c1-3-9(6-14)11(15-4-2)16-7-13(8-16)5-10(13)12(17)18/h3-4,10H,1,5,7-8H2,2H3,(H,17,18)/b11-9-,15-4?. The van der Waals surface area contributed by atoms with E-state index in [0.717, 1.165) is 6.42 Å². The van der Waals surface area contributed by atoms with E-state index in [1.807, 2.05) is 4.90 Å². The Bertz CT molecular complexity index is 493. The molecule has 18 heavy (non-hydrogen) atoms. The molecule has 0 aromatic carbocycles. The topological polar surface area (TPSA) is 76.7 Å². The van der Waals surface area contributed by atoms with Crippen molar-refractivity contribution in [1.29, 1.82) is 5.26 Å². The number of likely N-dealkylation sites (tertiary alicyclic amines) is 1. The van der Waals surface area contributed by atoms with Crippen molar-refractivity contribution in [2.24, 2.45) is 16.3 Å². The second kappa shape index (κ2) is 4.30. The lowest BCUT2D eigenvalue weighted by Crippen LogP contribution is -2.49. The first-order valence-electron chi connectivity index (χ1n) is 5.81. The van der Waals surface area contributed by atoms with E-state index in [4.69, 9.17) is 10.4 Å². The van der Waals surface area contributed by atoms with Gasteiger partial charge in [0.1, 0.15) is 11.9 Å². The van der Waals surface area contributed by atoms with Crippen LogP contribution in [0.2, 0.25) is 0 Å². The molecule has 0 bridgehead atoms. The molecule has 2 aliphatic rings. The average molecular weight is 245 g/mol. The molecule has 1 atom stereocenters. The predicted molar refractivity (Wildman–Crippen MR) is 66.8 cm³/mol. The summed E-state index contributed by atoms with van der Waals surface area (Å²) >= 11 is 0. The molecule has 1 spiro atoms. The Kier molecular flexibility index (Phi) is 2.95. The summed E-state index contributed by atoms with van der Waals surface area (Å²) in [4.78, 5) is 17.0. The third kappa shape index (κ3) is 1.80. The summed E-state index contributed by atoms with van der Waals surface area (Å²) in [6.07, 6.45) is 3.84. The summed E-state index contributed by atoms with van der Waals surface area (Å²) in [5.41, 5.74) is 0.345. The van der Waals surface area contributed by atoms with Crippen molar-refractivity contribution in [3.8, 4) is 6.07 Å². The maximum Gasteiger partial charge on any atom is 0.307 e. The molecule has 0 amide bonds. The van der Waals surface area contributed by atoms with Crippen LogP contribution >= 0.6 is 0 Å². The molecule has 1 aliphatic heterocycles. The molecule has 1 aliphatic carbocycles. The number of rotatable bonds is 4. The van der Waals surface area contributed by atoms with Crippen LogP contribution in [0.1, 0.15) is 13.3 Å². The number of carbonyl (C=O) groups is 1. The second-order valence-electron chi connectivity index (χ2n) is 4.75. The highest BCUT2D eigenvalue weighted by Gasteiger charge is 2.65. The summed E-state index contributed by atoms with van der Waals surface area (Å²) in [5, 5.41) is 18.0. The number of aliphatic carboxylic acids is 1. The molecule has 1 heterocycles. The van der Waals surface area contributed by atoms with Gasteiger partial charge in [-0.05, 0) is 19.4 Å². The zero-order valence-corrected chi connectivity index (χ0v) is 10.3. The average Bonchev–Trinajstić information content (AvgIpc) is 3.03. The Morgan fingerprint density at radius 2 is 2.33 bits per heavy atom. The molecule has 0 aromatic rings. The third-order valence-corrected chi connectivity index (χ3v) is 3.62. The maximum atomic E-state index is 10.9. The molecule has 1 saturated carbocycles. The number of carboxylic acids is 1. The Labute approximate surface area is 106 Å². The number of carboxylic acid groups (broad SMARTS) is 1. The smallest absolute Gasteiger partial charge is 0.307 e. The van der Waals surface area contributed by atoms with Crippen LogP contribution in [0.15, 0.2) is 29.0 Å². The molecule has 0 aromatic heterocycles. The quantitative estimate of drug-likeness (QED) is 0.461. The Hall–Kier alpha value is -2.09. The van der Waals surface area contributed by atoms with Gasteiger partial charge < -0.3 is 10.0 Å². The van der Waals surface area contributed by atoms with E-state index in [1.54, 1.807) is 13.1 Å². The fourth-order valence-corrected chi connectivity index (χ4v) is 2.54. The zero-order valence-electron chi connectivity index (χ0n) is 10.3. The van der Waals surface area contributed by atoms with Gasteiger partial charge in [-0.3, -0.25) is 4.79 Å². The van der Waals surface area contributed by atoms with Crippen LogP contribution in [-0.2, 0) is 4.79 Å². The normalized spacial score (nSPS) is 25.3. The lowest BCUT2D eigenvalue weighted by molar-refractivity contribution is -0.140. The van der Waals surface area contributed by atoms with Gasteiger partial charge in [-0.1, -0.05) is 6.58 Å². The van der Waals surface area contributed by atoms with Gasteiger partial charge in [0, 0.05) is 24.7 Å². The Morgan fingerprint density at radius 3 is 2.72 bits per heavy atom. The summed E-state index contributed by atoms with van der Waals surface area (Å²) in [6, 6.07) is 2.06. The van der Waals surface area contributed by atoms with E-state index in [-0.39, 0.29) is 11.3 Å². The van der Waals surface area contributed by atoms with Gasteiger partial charge in [0.15, 0.2) is 0 Å². The summed E-state index contributed by atoms with van der Waals surface area (Å²) < 4.78 is 0. The minimum Gasteiger partial charge on any atom is -0.481 e. The first kappa shape index (κ1) is 12.4. The molecular formula is C13H15N3O2. The molecule has 94 valence electrons. The van der Waals surface area contributed by atoms with E-state index in [9.17, 15) is 4.79 Å². The van der Waals surface area contributed by atoms with Crippen LogP contribution in [0.25, 0.3) is 0 Å². The number of allylic oxidation sites excluding steroid dienone is 2. The molecule has 2 fully saturated rings. The fraction of sp³-hybridized carbons (Fsp3) is 0.462. The largest absolute Gasteiger partial charge is 0.481 e. The van der Waals surface area contributed by atoms with Crippen molar-refractivity contribution >= 4 is 12.2 Å². The number of nitriles is 1. The van der Waals surface area contributed by atoms with Gasteiger partial charge >= 0.3 is 5.97 Å². The number of aliphatic imine (C=N–C) groups is 1. The molecule has 1 unspecified atom stereocenters. The van der Waals surface area contributed by atoms with Crippen molar-refractivity contribution < 1.29 is 9.90 Å². The molecule has 2 rings (SSSR count). The molecule has 5 heteroatoms. The van der Waals surface area contributed by atoms with Crippen LogP contribution in [0.5, 0.6) is 0 Å². The van der Waals surface area contributed by atoms with Gasteiger partial charge in [0.25, 0.3) is 0 Å². The highest BCUT2D eigenvalue weighted by molar-refractivity contribution is 5.75. The van der Waals surface area contributed by atoms with E-state index in [2.05, 4.69) is 17.6 Å². The SMILES string of the molecule is C=C/C(C#N)=C(\N=CC)N1CC2(CC2C(=O)O)C1. The monoisotopic (exact) mass is 245 g/mol. The van der Waals surface area contributed by atoms with Crippen molar-refractivity contribution in [3.05, 3.63) is 24.0 Å². The van der Waals surface area contributed by atoms with Crippen molar-refractivity contribution in [1.82, 2.24) is 4.90 Å². The number of nitrogens with zero attached hydrogens (tertiary/aromatic N) is 3. The number of hydrogen-bond donors (Lipinski definition) is 1. The minimum absolute atomic E-state index is 0.0813. The van der Waals surface area contributed by atoms with E-state index in [0.29, 0.717) is 24.5 Å². The lowest BCUT2D eigenvalue weighted by atomic mass is 9.93. The first-order valence-corrected chi connectivity index (χ1v) is 5.81.